The lowest BCUT2D eigenvalue weighted by Crippen LogP contribution is -2.34. The molecule has 0 fully saturated rings. The Morgan fingerprint density at radius 2 is 2.58 bits per heavy atom. The van der Waals surface area contributed by atoms with Crippen molar-refractivity contribution in [2.24, 2.45) is 0 Å². The second-order valence-electron chi connectivity index (χ2n) is 2.57. The first-order valence-corrected chi connectivity index (χ1v) is 4.62. The number of carbonyl (C=O) groups excluding carboxylic acids is 1. The second kappa shape index (κ2) is 4.23. The van der Waals surface area contributed by atoms with Crippen molar-refractivity contribution in [3.63, 3.8) is 0 Å². The molecular formula is C8H11NO2S. The van der Waals surface area contributed by atoms with Gasteiger partial charge in [0, 0.05) is 17.0 Å². The summed E-state index contributed by atoms with van der Waals surface area (Å²) in [7, 11) is 0. The monoisotopic (exact) mass is 185 g/mol. The van der Waals surface area contributed by atoms with Gasteiger partial charge in [-0.2, -0.15) is 11.3 Å². The normalized spacial score (nSPS) is 12.5. The van der Waals surface area contributed by atoms with E-state index >= 15 is 0 Å². The fourth-order valence-corrected chi connectivity index (χ4v) is 1.38. The lowest BCUT2D eigenvalue weighted by molar-refractivity contribution is 0.0923. The van der Waals surface area contributed by atoms with Gasteiger partial charge in [-0.25, -0.2) is 0 Å². The van der Waals surface area contributed by atoms with E-state index in [-0.39, 0.29) is 18.6 Å². The fraction of sp³-hybridized carbons (Fsp3) is 0.375. The van der Waals surface area contributed by atoms with Crippen LogP contribution in [0.5, 0.6) is 0 Å². The molecule has 1 atom stereocenters. The van der Waals surface area contributed by atoms with Gasteiger partial charge in [0.25, 0.3) is 5.91 Å². The molecular weight excluding hydrogens is 174 g/mol. The summed E-state index contributed by atoms with van der Waals surface area (Å²) in [4.78, 5) is 11.3. The zero-order valence-corrected chi connectivity index (χ0v) is 7.60. The lowest BCUT2D eigenvalue weighted by atomic mass is 10.3. The molecule has 0 aliphatic carbocycles. The van der Waals surface area contributed by atoms with Crippen molar-refractivity contribution in [1.82, 2.24) is 5.32 Å². The average Bonchev–Trinajstić information content (AvgIpc) is 2.56. The molecule has 0 aliphatic rings. The molecule has 3 nitrogen and oxygen atoms in total. The maximum absolute atomic E-state index is 11.3. The van der Waals surface area contributed by atoms with Crippen LogP contribution in [0.4, 0.5) is 0 Å². The van der Waals surface area contributed by atoms with Crippen LogP contribution in [0.1, 0.15) is 17.3 Å². The molecule has 12 heavy (non-hydrogen) atoms. The van der Waals surface area contributed by atoms with E-state index in [9.17, 15) is 4.79 Å². The van der Waals surface area contributed by atoms with Crippen molar-refractivity contribution in [3.05, 3.63) is 22.4 Å². The number of rotatable bonds is 3. The summed E-state index contributed by atoms with van der Waals surface area (Å²) in [5.41, 5.74) is 0.653. The molecule has 4 heteroatoms. The lowest BCUT2D eigenvalue weighted by Gasteiger charge is -2.08. The Bertz CT molecular complexity index is 246. The largest absolute Gasteiger partial charge is 0.394 e. The molecule has 0 radical (unpaired) electrons. The Labute approximate surface area is 75.0 Å². The fourth-order valence-electron chi connectivity index (χ4n) is 0.746. The van der Waals surface area contributed by atoms with Crippen LogP contribution >= 0.6 is 11.3 Å². The van der Waals surface area contributed by atoms with Gasteiger partial charge in [-0.3, -0.25) is 4.79 Å². The molecule has 0 bridgehead atoms. The van der Waals surface area contributed by atoms with Gasteiger partial charge in [-0.15, -0.1) is 0 Å². The third-order valence-electron chi connectivity index (χ3n) is 1.43. The van der Waals surface area contributed by atoms with Crippen molar-refractivity contribution in [3.8, 4) is 0 Å². The molecule has 0 saturated heterocycles. The first-order valence-electron chi connectivity index (χ1n) is 3.68. The number of aliphatic hydroxyl groups is 1. The maximum atomic E-state index is 11.3. The molecule has 1 amide bonds. The molecule has 1 aromatic heterocycles. The van der Waals surface area contributed by atoms with Gasteiger partial charge in [0.15, 0.2) is 0 Å². The van der Waals surface area contributed by atoms with E-state index in [1.165, 1.54) is 11.3 Å². The Hall–Kier alpha value is -0.870. The highest BCUT2D eigenvalue weighted by Gasteiger charge is 2.07. The molecule has 0 spiro atoms. The number of amides is 1. The van der Waals surface area contributed by atoms with Gasteiger partial charge >= 0.3 is 0 Å². The highest BCUT2D eigenvalue weighted by atomic mass is 32.1. The van der Waals surface area contributed by atoms with Crippen LogP contribution in [-0.4, -0.2) is 23.7 Å². The zero-order chi connectivity index (χ0) is 8.97. The smallest absolute Gasteiger partial charge is 0.252 e. The number of carbonyl (C=O) groups is 1. The highest BCUT2D eigenvalue weighted by molar-refractivity contribution is 7.08. The molecule has 0 saturated carbocycles. The topological polar surface area (TPSA) is 49.3 Å². The molecule has 1 heterocycles. The predicted molar refractivity (Wildman–Crippen MR) is 48.3 cm³/mol. The van der Waals surface area contributed by atoms with Crippen LogP contribution < -0.4 is 5.32 Å². The summed E-state index contributed by atoms with van der Waals surface area (Å²) < 4.78 is 0. The molecule has 0 aromatic carbocycles. The third-order valence-corrected chi connectivity index (χ3v) is 2.12. The Balaban J connectivity index is 2.50. The second-order valence-corrected chi connectivity index (χ2v) is 3.35. The van der Waals surface area contributed by atoms with Gasteiger partial charge in [0.2, 0.25) is 0 Å². The van der Waals surface area contributed by atoms with Crippen LogP contribution in [0, 0.1) is 0 Å². The first kappa shape index (κ1) is 9.22. The molecule has 0 aliphatic heterocycles. The number of thiophene rings is 1. The predicted octanol–water partition coefficient (Wildman–Crippen LogP) is 0.859. The minimum Gasteiger partial charge on any atom is -0.394 e. The van der Waals surface area contributed by atoms with E-state index in [0.29, 0.717) is 5.56 Å². The van der Waals surface area contributed by atoms with Crippen molar-refractivity contribution in [2.45, 2.75) is 13.0 Å². The molecule has 1 aromatic rings. The van der Waals surface area contributed by atoms with E-state index in [2.05, 4.69) is 5.32 Å². The van der Waals surface area contributed by atoms with Crippen molar-refractivity contribution < 1.29 is 9.90 Å². The summed E-state index contributed by atoms with van der Waals surface area (Å²) in [6.45, 7) is 1.72. The van der Waals surface area contributed by atoms with Crippen LogP contribution in [0.15, 0.2) is 16.8 Å². The summed E-state index contributed by atoms with van der Waals surface area (Å²) in [6, 6.07) is 1.57. The Morgan fingerprint density at radius 3 is 3.08 bits per heavy atom. The van der Waals surface area contributed by atoms with Crippen LogP contribution in [-0.2, 0) is 0 Å². The third kappa shape index (κ3) is 2.32. The molecule has 2 N–H and O–H groups in total. The number of nitrogens with one attached hydrogen (secondary N) is 1. The number of aliphatic hydroxyl groups excluding tert-OH is 1. The van der Waals surface area contributed by atoms with Crippen LogP contribution in [0.25, 0.3) is 0 Å². The van der Waals surface area contributed by atoms with E-state index in [1.807, 2.05) is 5.38 Å². The Morgan fingerprint density at radius 1 is 1.83 bits per heavy atom. The van der Waals surface area contributed by atoms with Gasteiger partial charge in [0.1, 0.15) is 0 Å². The van der Waals surface area contributed by atoms with Gasteiger partial charge in [0.05, 0.1) is 6.61 Å². The van der Waals surface area contributed by atoms with E-state index in [0.717, 1.165) is 0 Å². The molecule has 66 valence electrons. The van der Waals surface area contributed by atoms with Crippen molar-refractivity contribution >= 4 is 17.2 Å². The van der Waals surface area contributed by atoms with Crippen LogP contribution in [0.3, 0.4) is 0 Å². The van der Waals surface area contributed by atoms with Gasteiger partial charge in [-0.05, 0) is 18.4 Å². The van der Waals surface area contributed by atoms with Crippen molar-refractivity contribution in [1.29, 1.82) is 0 Å². The summed E-state index contributed by atoms with van der Waals surface area (Å²) in [5, 5.41) is 14.9. The standard InChI is InChI=1S/C8H11NO2S/c1-6(4-10)9-8(11)7-2-3-12-5-7/h2-3,5-6,10H,4H2,1H3,(H,9,11)/t6-/m0/s1. The maximum Gasteiger partial charge on any atom is 0.252 e. The quantitative estimate of drug-likeness (QED) is 0.733. The summed E-state index contributed by atoms with van der Waals surface area (Å²) >= 11 is 1.48. The zero-order valence-electron chi connectivity index (χ0n) is 6.78. The summed E-state index contributed by atoms with van der Waals surface area (Å²) in [6.07, 6.45) is 0. The average molecular weight is 185 g/mol. The number of hydrogen-bond acceptors (Lipinski definition) is 3. The van der Waals surface area contributed by atoms with E-state index < -0.39 is 0 Å². The molecule has 1 rings (SSSR count). The minimum atomic E-state index is -0.183. The van der Waals surface area contributed by atoms with E-state index in [1.54, 1.807) is 18.4 Å². The minimum absolute atomic E-state index is 0.0319. The first-order chi connectivity index (χ1) is 5.74. The van der Waals surface area contributed by atoms with E-state index in [4.69, 9.17) is 5.11 Å². The number of hydrogen-bond donors (Lipinski definition) is 2. The molecule has 0 unspecified atom stereocenters. The van der Waals surface area contributed by atoms with Gasteiger partial charge in [-0.1, -0.05) is 0 Å². The Kier molecular flexibility index (Phi) is 3.25. The van der Waals surface area contributed by atoms with Crippen molar-refractivity contribution in [2.75, 3.05) is 6.61 Å². The SMILES string of the molecule is C[C@@H](CO)NC(=O)c1ccsc1. The summed E-state index contributed by atoms with van der Waals surface area (Å²) in [5.74, 6) is -0.127. The van der Waals surface area contributed by atoms with Gasteiger partial charge < -0.3 is 10.4 Å². The van der Waals surface area contributed by atoms with Crippen LogP contribution in [0.2, 0.25) is 0 Å². The highest BCUT2D eigenvalue weighted by Crippen LogP contribution is 2.05.